The number of carbonyl (C=O) groups is 1. The van der Waals surface area contributed by atoms with Crippen molar-refractivity contribution in [2.75, 3.05) is 13.2 Å². The minimum atomic E-state index is -1.27. The van der Waals surface area contributed by atoms with E-state index in [1.807, 2.05) is 0 Å². The Bertz CT molecular complexity index is 206. The fourth-order valence-electron chi connectivity index (χ4n) is 1.84. The SMILES string of the molecule is O=C1COC2(O)CCCCCN12. The van der Waals surface area contributed by atoms with E-state index >= 15 is 0 Å². The zero-order chi connectivity index (χ0) is 8.60. The summed E-state index contributed by atoms with van der Waals surface area (Å²) in [6.07, 6.45) is 3.52. The van der Waals surface area contributed by atoms with Crippen LogP contribution in [-0.4, -0.2) is 35.0 Å². The summed E-state index contributed by atoms with van der Waals surface area (Å²) in [6.45, 7) is 0.672. The van der Waals surface area contributed by atoms with Crippen LogP contribution in [0.25, 0.3) is 0 Å². The number of ether oxygens (including phenoxy) is 1. The van der Waals surface area contributed by atoms with Gasteiger partial charge < -0.3 is 9.84 Å². The van der Waals surface area contributed by atoms with E-state index < -0.39 is 5.91 Å². The highest BCUT2D eigenvalue weighted by Crippen LogP contribution is 2.30. The van der Waals surface area contributed by atoms with E-state index in [0.717, 1.165) is 19.3 Å². The average Bonchev–Trinajstić information content (AvgIpc) is 2.24. The number of fused-ring (bicyclic) bond motifs is 1. The summed E-state index contributed by atoms with van der Waals surface area (Å²) in [7, 11) is 0. The molecule has 1 unspecified atom stereocenters. The third-order valence-electron chi connectivity index (χ3n) is 2.53. The van der Waals surface area contributed by atoms with E-state index in [1.54, 1.807) is 0 Å². The Morgan fingerprint density at radius 3 is 3.08 bits per heavy atom. The molecule has 2 heterocycles. The number of hydrogen-bond donors (Lipinski definition) is 1. The van der Waals surface area contributed by atoms with Gasteiger partial charge in [-0.3, -0.25) is 9.69 Å². The molecule has 0 saturated carbocycles. The lowest BCUT2D eigenvalue weighted by atomic mass is 10.2. The van der Waals surface area contributed by atoms with E-state index in [1.165, 1.54) is 4.90 Å². The van der Waals surface area contributed by atoms with Crippen LogP contribution >= 0.6 is 0 Å². The molecule has 2 aliphatic heterocycles. The fourth-order valence-corrected chi connectivity index (χ4v) is 1.84. The molecule has 4 heteroatoms. The topological polar surface area (TPSA) is 49.8 Å². The maximum absolute atomic E-state index is 11.2. The Hall–Kier alpha value is -0.610. The number of aliphatic hydroxyl groups is 1. The smallest absolute Gasteiger partial charge is 0.252 e. The van der Waals surface area contributed by atoms with Crippen LogP contribution in [0.15, 0.2) is 0 Å². The van der Waals surface area contributed by atoms with Crippen molar-refractivity contribution in [1.29, 1.82) is 0 Å². The first kappa shape index (κ1) is 8.01. The zero-order valence-corrected chi connectivity index (χ0v) is 6.95. The standard InChI is InChI=1S/C8H13NO3/c10-7-6-12-8(11)4-2-1-3-5-9(7)8/h11H,1-6H2. The van der Waals surface area contributed by atoms with Crippen LogP contribution in [-0.2, 0) is 9.53 Å². The molecule has 0 aromatic carbocycles. The number of nitrogens with zero attached hydrogens (tertiary/aromatic N) is 1. The van der Waals surface area contributed by atoms with Crippen LogP contribution < -0.4 is 0 Å². The summed E-state index contributed by atoms with van der Waals surface area (Å²) in [5.74, 6) is -1.35. The van der Waals surface area contributed by atoms with Gasteiger partial charge >= 0.3 is 0 Å². The van der Waals surface area contributed by atoms with Crippen molar-refractivity contribution >= 4 is 5.91 Å². The molecule has 0 bridgehead atoms. The van der Waals surface area contributed by atoms with Gasteiger partial charge in [-0.2, -0.15) is 0 Å². The number of rotatable bonds is 0. The summed E-state index contributed by atoms with van der Waals surface area (Å²) in [6, 6.07) is 0. The van der Waals surface area contributed by atoms with E-state index in [4.69, 9.17) is 4.74 Å². The van der Waals surface area contributed by atoms with Gasteiger partial charge in [0.25, 0.3) is 11.8 Å². The quantitative estimate of drug-likeness (QED) is 0.561. The molecule has 0 aliphatic carbocycles. The molecule has 4 nitrogen and oxygen atoms in total. The lowest BCUT2D eigenvalue weighted by Crippen LogP contribution is -2.45. The van der Waals surface area contributed by atoms with Crippen molar-refractivity contribution in [3.63, 3.8) is 0 Å². The van der Waals surface area contributed by atoms with Crippen LogP contribution in [0.5, 0.6) is 0 Å². The molecule has 0 spiro atoms. The highest BCUT2D eigenvalue weighted by Gasteiger charge is 2.45. The summed E-state index contributed by atoms with van der Waals surface area (Å²) in [4.78, 5) is 12.7. The van der Waals surface area contributed by atoms with Crippen molar-refractivity contribution < 1.29 is 14.6 Å². The van der Waals surface area contributed by atoms with Crippen LogP contribution in [0, 0.1) is 0 Å². The van der Waals surface area contributed by atoms with Crippen molar-refractivity contribution in [1.82, 2.24) is 4.90 Å². The van der Waals surface area contributed by atoms with E-state index in [0.29, 0.717) is 13.0 Å². The Morgan fingerprint density at radius 1 is 1.42 bits per heavy atom. The molecule has 12 heavy (non-hydrogen) atoms. The van der Waals surface area contributed by atoms with Gasteiger partial charge in [0.1, 0.15) is 6.61 Å². The van der Waals surface area contributed by atoms with E-state index in [2.05, 4.69) is 0 Å². The lowest BCUT2D eigenvalue weighted by Gasteiger charge is -2.29. The molecule has 2 aliphatic rings. The second-order valence-corrected chi connectivity index (χ2v) is 3.39. The lowest BCUT2D eigenvalue weighted by molar-refractivity contribution is -0.244. The molecular weight excluding hydrogens is 158 g/mol. The van der Waals surface area contributed by atoms with Gasteiger partial charge in [0.15, 0.2) is 0 Å². The van der Waals surface area contributed by atoms with Crippen molar-refractivity contribution in [3.8, 4) is 0 Å². The largest absolute Gasteiger partial charge is 0.349 e. The second kappa shape index (κ2) is 2.71. The summed E-state index contributed by atoms with van der Waals surface area (Å²) in [5.41, 5.74) is 0. The van der Waals surface area contributed by atoms with Gasteiger partial charge in [-0.05, 0) is 12.8 Å². The van der Waals surface area contributed by atoms with Crippen LogP contribution in [0.4, 0.5) is 0 Å². The Labute approximate surface area is 71.1 Å². The summed E-state index contributed by atoms with van der Waals surface area (Å²) < 4.78 is 5.07. The molecule has 1 N–H and O–H groups in total. The van der Waals surface area contributed by atoms with Crippen LogP contribution in [0.2, 0.25) is 0 Å². The van der Waals surface area contributed by atoms with E-state index in [-0.39, 0.29) is 12.5 Å². The first-order valence-electron chi connectivity index (χ1n) is 4.39. The Kier molecular flexibility index (Phi) is 1.81. The van der Waals surface area contributed by atoms with Crippen LogP contribution in [0.3, 0.4) is 0 Å². The molecule has 0 aromatic heterocycles. The maximum Gasteiger partial charge on any atom is 0.252 e. The molecule has 2 rings (SSSR count). The molecule has 1 amide bonds. The average molecular weight is 171 g/mol. The molecular formula is C8H13NO3. The molecule has 2 fully saturated rings. The third kappa shape index (κ3) is 1.11. The molecule has 0 radical (unpaired) electrons. The minimum Gasteiger partial charge on any atom is -0.349 e. The second-order valence-electron chi connectivity index (χ2n) is 3.39. The number of carbonyl (C=O) groups excluding carboxylic acids is 1. The molecule has 0 aromatic rings. The predicted octanol–water partition coefficient (Wildman–Crippen LogP) is 0.0653. The van der Waals surface area contributed by atoms with Gasteiger partial charge in [-0.1, -0.05) is 6.42 Å². The monoisotopic (exact) mass is 171 g/mol. The number of amides is 1. The summed E-state index contributed by atoms with van der Waals surface area (Å²) >= 11 is 0. The van der Waals surface area contributed by atoms with Crippen LogP contribution in [0.1, 0.15) is 25.7 Å². The highest BCUT2D eigenvalue weighted by atomic mass is 16.7. The van der Waals surface area contributed by atoms with Gasteiger partial charge in [-0.15, -0.1) is 0 Å². The van der Waals surface area contributed by atoms with E-state index in [9.17, 15) is 9.90 Å². The molecule has 1 atom stereocenters. The van der Waals surface area contributed by atoms with Crippen molar-refractivity contribution in [2.24, 2.45) is 0 Å². The van der Waals surface area contributed by atoms with Gasteiger partial charge in [0, 0.05) is 13.0 Å². The maximum atomic E-state index is 11.2. The normalized spacial score (nSPS) is 36.4. The van der Waals surface area contributed by atoms with Crippen molar-refractivity contribution in [3.05, 3.63) is 0 Å². The minimum absolute atomic E-state index is 0.0382. The zero-order valence-electron chi connectivity index (χ0n) is 6.95. The Balaban J connectivity index is 2.19. The van der Waals surface area contributed by atoms with Crippen molar-refractivity contribution in [2.45, 2.75) is 31.6 Å². The van der Waals surface area contributed by atoms with Gasteiger partial charge in [0.2, 0.25) is 0 Å². The molecule has 68 valence electrons. The van der Waals surface area contributed by atoms with Gasteiger partial charge in [-0.25, -0.2) is 0 Å². The van der Waals surface area contributed by atoms with Gasteiger partial charge in [0.05, 0.1) is 0 Å². The third-order valence-corrected chi connectivity index (χ3v) is 2.53. The fraction of sp³-hybridized carbons (Fsp3) is 0.875. The first-order chi connectivity index (χ1) is 5.72. The number of hydrogen-bond acceptors (Lipinski definition) is 3. The summed E-state index contributed by atoms with van der Waals surface area (Å²) in [5, 5.41) is 9.84. The molecule has 2 saturated heterocycles. The predicted molar refractivity (Wildman–Crippen MR) is 41.1 cm³/mol. The first-order valence-corrected chi connectivity index (χ1v) is 4.39. The Morgan fingerprint density at radius 2 is 2.25 bits per heavy atom. The highest BCUT2D eigenvalue weighted by molar-refractivity contribution is 5.79.